The Labute approximate surface area is 242 Å². The predicted molar refractivity (Wildman–Crippen MR) is 160 cm³/mol. The maximum atomic E-state index is 13.5. The fraction of sp³-hybridized carbons (Fsp3) is 0.531. The molecule has 6 bridgehead atoms. The zero-order chi connectivity index (χ0) is 28.1. The number of piperidine rings is 1. The Morgan fingerprint density at radius 1 is 0.927 bits per heavy atom. The van der Waals surface area contributed by atoms with E-state index in [1.54, 1.807) is 13.1 Å². The molecule has 5 heterocycles. The molecule has 218 valence electrons. The quantitative estimate of drug-likeness (QED) is 0.434. The number of hydrogen-bond acceptors (Lipinski definition) is 5. The van der Waals surface area contributed by atoms with Gasteiger partial charge in [0.1, 0.15) is 5.75 Å². The van der Waals surface area contributed by atoms with Gasteiger partial charge in [0, 0.05) is 47.6 Å². The molecule has 8 nitrogen and oxygen atoms in total. The lowest BCUT2D eigenvalue weighted by Gasteiger charge is -2.36. The van der Waals surface area contributed by atoms with E-state index in [4.69, 9.17) is 4.74 Å². The third kappa shape index (κ3) is 4.96. The summed E-state index contributed by atoms with van der Waals surface area (Å²) in [5.41, 5.74) is 5.05. The van der Waals surface area contributed by atoms with E-state index in [1.807, 2.05) is 12.1 Å². The molecular weight excluding hydrogens is 536 g/mol. The van der Waals surface area contributed by atoms with Crippen LogP contribution in [0.2, 0.25) is 0 Å². The summed E-state index contributed by atoms with van der Waals surface area (Å²) in [7, 11) is -2.37. The van der Waals surface area contributed by atoms with Crippen molar-refractivity contribution >= 4 is 27.0 Å². The van der Waals surface area contributed by atoms with Crippen molar-refractivity contribution in [2.75, 3.05) is 33.3 Å². The van der Waals surface area contributed by atoms with Gasteiger partial charge in [-0.05, 0) is 87.5 Å². The van der Waals surface area contributed by atoms with Crippen LogP contribution in [-0.4, -0.2) is 67.4 Å². The molecule has 1 saturated heterocycles. The molecule has 2 aromatic carbocycles. The highest BCUT2D eigenvalue weighted by molar-refractivity contribution is 7.87. The Bertz CT molecular complexity index is 1570. The number of para-hydroxylation sites is 1. The van der Waals surface area contributed by atoms with Gasteiger partial charge in [0.15, 0.2) is 0 Å². The molecule has 8 rings (SSSR count). The topological polar surface area (TPSA) is 83.9 Å². The van der Waals surface area contributed by atoms with Gasteiger partial charge in [0.2, 0.25) is 0 Å². The summed E-state index contributed by atoms with van der Waals surface area (Å²) in [6.07, 6.45) is 8.53. The fourth-order valence-corrected chi connectivity index (χ4v) is 8.70. The van der Waals surface area contributed by atoms with Crippen molar-refractivity contribution in [3.63, 3.8) is 0 Å². The van der Waals surface area contributed by atoms with Gasteiger partial charge in [0.05, 0.1) is 12.3 Å². The summed E-state index contributed by atoms with van der Waals surface area (Å²) in [4.78, 5) is 15.9. The lowest BCUT2D eigenvalue weighted by Crippen LogP contribution is -2.50. The molecule has 1 aromatic heterocycles. The predicted octanol–water partition coefficient (Wildman–Crippen LogP) is 5.14. The summed E-state index contributed by atoms with van der Waals surface area (Å²) in [6, 6.07) is 14.0. The van der Waals surface area contributed by atoms with E-state index in [2.05, 4.69) is 38.5 Å². The summed E-state index contributed by atoms with van der Waals surface area (Å²) in [5, 5.41) is 1.17. The minimum Gasteiger partial charge on any atom is -0.493 e. The molecule has 1 N–H and O–H groups in total. The lowest BCUT2D eigenvalue weighted by atomic mass is 9.81. The van der Waals surface area contributed by atoms with Crippen LogP contribution in [0.5, 0.6) is 5.75 Å². The van der Waals surface area contributed by atoms with Crippen LogP contribution in [0, 0.1) is 5.92 Å². The number of nitrogens with one attached hydrogen (secondary N) is 1. The normalized spacial score (nSPS) is 27.2. The Kier molecular flexibility index (Phi) is 7.07. The number of fused-ring (bicyclic) bond motifs is 8. The van der Waals surface area contributed by atoms with Crippen LogP contribution in [-0.2, 0) is 16.8 Å². The van der Waals surface area contributed by atoms with Gasteiger partial charge in [0.25, 0.3) is 5.91 Å². The molecule has 1 amide bonds. The molecule has 1 atom stereocenters. The number of hydrogen-bond donors (Lipinski definition) is 1. The maximum absolute atomic E-state index is 13.5. The highest BCUT2D eigenvalue weighted by Gasteiger charge is 2.34. The first-order valence-corrected chi connectivity index (χ1v) is 16.7. The van der Waals surface area contributed by atoms with Crippen molar-refractivity contribution in [3.05, 3.63) is 53.6 Å². The number of carbonyl (C=O) groups is 1. The van der Waals surface area contributed by atoms with Crippen LogP contribution in [0.15, 0.2) is 42.5 Å². The number of amides is 1. The van der Waals surface area contributed by atoms with Crippen LogP contribution in [0.1, 0.15) is 73.2 Å². The molecule has 41 heavy (non-hydrogen) atoms. The van der Waals surface area contributed by atoms with Crippen LogP contribution in [0.4, 0.5) is 0 Å². The first-order chi connectivity index (χ1) is 19.9. The van der Waals surface area contributed by atoms with E-state index in [0.717, 1.165) is 75.1 Å². The Hall–Kier alpha value is -2.88. The van der Waals surface area contributed by atoms with Gasteiger partial charge < -0.3 is 14.2 Å². The fourth-order valence-electron chi connectivity index (χ4n) is 7.60. The largest absolute Gasteiger partial charge is 0.493 e. The zero-order valence-corrected chi connectivity index (χ0v) is 24.7. The third-order valence-corrected chi connectivity index (χ3v) is 11.5. The van der Waals surface area contributed by atoms with Gasteiger partial charge in [-0.1, -0.05) is 37.5 Å². The zero-order valence-electron chi connectivity index (χ0n) is 23.8. The maximum Gasteiger partial charge on any atom is 0.304 e. The number of carbonyl (C=O) groups excluding carboxylic acids is 1. The van der Waals surface area contributed by atoms with Crippen LogP contribution in [0.3, 0.4) is 0 Å². The molecule has 4 aliphatic heterocycles. The van der Waals surface area contributed by atoms with Crippen molar-refractivity contribution < 1.29 is 17.9 Å². The van der Waals surface area contributed by atoms with Crippen LogP contribution >= 0.6 is 0 Å². The molecular formula is C32H40N4O4S. The standard InChI is InChI=1S/C32H40N4O4S/c1-34-25-14-17-35(18-15-25)16-13-22-20-36-28-19-24(32(37)33-41(34,38)39)11-12-26(28)30(23-7-3-2-4-8-23)31(36)27-9-5-6-10-29(27)40-21-22/h5-6,9-12,19,22-23,25H,2-4,7-8,13-18,20-21H2,1H3,(H,33,37). The Morgan fingerprint density at radius 2 is 1.68 bits per heavy atom. The molecule has 3 aromatic rings. The smallest absolute Gasteiger partial charge is 0.304 e. The number of rotatable bonds is 1. The summed E-state index contributed by atoms with van der Waals surface area (Å²) in [5.74, 6) is 1.09. The van der Waals surface area contributed by atoms with E-state index in [0.29, 0.717) is 24.0 Å². The number of aromatic nitrogens is 1. The van der Waals surface area contributed by atoms with Crippen molar-refractivity contribution in [2.24, 2.45) is 5.92 Å². The van der Waals surface area contributed by atoms with Gasteiger partial charge in [-0.25, -0.2) is 4.72 Å². The van der Waals surface area contributed by atoms with E-state index in [1.165, 1.54) is 40.2 Å². The van der Waals surface area contributed by atoms with Gasteiger partial charge in [-0.15, -0.1) is 0 Å². The minimum atomic E-state index is -3.96. The van der Waals surface area contributed by atoms with Crippen LogP contribution in [0.25, 0.3) is 22.2 Å². The highest BCUT2D eigenvalue weighted by atomic mass is 32.2. The molecule has 1 saturated carbocycles. The monoisotopic (exact) mass is 576 g/mol. The van der Waals surface area contributed by atoms with Crippen molar-refractivity contribution in [3.8, 4) is 17.0 Å². The summed E-state index contributed by atoms with van der Waals surface area (Å²) < 4.78 is 39.2. The second kappa shape index (κ2) is 10.7. The Balaban J connectivity index is 1.43. The third-order valence-electron chi connectivity index (χ3n) is 9.96. The lowest BCUT2D eigenvalue weighted by molar-refractivity contribution is 0.0976. The molecule has 0 radical (unpaired) electrons. The second-order valence-corrected chi connectivity index (χ2v) is 14.2. The van der Waals surface area contributed by atoms with Gasteiger partial charge >= 0.3 is 10.2 Å². The highest BCUT2D eigenvalue weighted by Crippen LogP contribution is 2.47. The molecule has 0 spiro atoms. The molecule has 5 aliphatic rings. The first kappa shape index (κ1) is 27.0. The molecule has 2 fully saturated rings. The molecule has 9 heteroatoms. The Morgan fingerprint density at radius 3 is 2.49 bits per heavy atom. The summed E-state index contributed by atoms with van der Waals surface area (Å²) in [6.45, 7) is 4.10. The average Bonchev–Trinajstić information content (AvgIpc) is 3.29. The number of nitrogens with zero attached hydrogens (tertiary/aromatic N) is 3. The number of ether oxygens (including phenoxy) is 1. The van der Waals surface area contributed by atoms with E-state index in [9.17, 15) is 13.2 Å². The van der Waals surface area contributed by atoms with Gasteiger partial charge in [-0.3, -0.25) is 4.79 Å². The van der Waals surface area contributed by atoms with E-state index >= 15 is 0 Å². The van der Waals surface area contributed by atoms with E-state index in [-0.39, 0.29) is 6.04 Å². The van der Waals surface area contributed by atoms with Crippen LogP contribution < -0.4 is 9.46 Å². The average molecular weight is 577 g/mol. The van der Waals surface area contributed by atoms with Gasteiger partial charge in [-0.2, -0.15) is 12.7 Å². The number of benzene rings is 2. The van der Waals surface area contributed by atoms with Crippen molar-refractivity contribution in [1.29, 1.82) is 0 Å². The van der Waals surface area contributed by atoms with Crippen molar-refractivity contribution in [2.45, 2.75) is 69.9 Å². The second-order valence-electron chi connectivity index (χ2n) is 12.4. The molecule has 1 aliphatic carbocycles. The van der Waals surface area contributed by atoms with E-state index < -0.39 is 16.1 Å². The molecule has 1 unspecified atom stereocenters. The minimum absolute atomic E-state index is 0.119. The summed E-state index contributed by atoms with van der Waals surface area (Å²) >= 11 is 0. The SMILES string of the molecule is CN1C2CCN(CCC3COc4ccccc4-c4c(C5CCCCC5)c5ccc(cc5n4C3)C(=O)NS1(=O)=O)CC2. The van der Waals surface area contributed by atoms with Crippen molar-refractivity contribution in [1.82, 2.24) is 18.5 Å². The first-order valence-electron chi connectivity index (χ1n) is 15.3.